The van der Waals surface area contributed by atoms with Crippen molar-refractivity contribution < 1.29 is 27.5 Å². The number of alkyl halides is 3. The third-order valence-corrected chi connectivity index (χ3v) is 7.93. The summed E-state index contributed by atoms with van der Waals surface area (Å²) in [5, 5.41) is 7.68. The fourth-order valence-electron chi connectivity index (χ4n) is 5.15. The molecule has 13 heteroatoms. The molecule has 1 N–H and O–H groups in total. The van der Waals surface area contributed by atoms with Crippen LogP contribution in [0.1, 0.15) is 35.1 Å². The van der Waals surface area contributed by atoms with Gasteiger partial charge in [0.2, 0.25) is 5.91 Å². The summed E-state index contributed by atoms with van der Waals surface area (Å²) < 4.78 is 42.7. The lowest BCUT2D eigenvalue weighted by molar-refractivity contribution is -0.274. The van der Waals surface area contributed by atoms with Crippen LogP contribution < -0.4 is 15.0 Å². The molecule has 1 saturated heterocycles. The molecular formula is C32H31F3N6O3S. The molecule has 1 fully saturated rings. The number of carbonyl (C=O) groups is 2. The minimum atomic E-state index is -4.75. The van der Waals surface area contributed by atoms with Gasteiger partial charge >= 0.3 is 12.4 Å². The second-order valence-electron chi connectivity index (χ2n) is 10.6. The maximum absolute atomic E-state index is 12.7. The molecule has 234 valence electrons. The zero-order valence-corrected chi connectivity index (χ0v) is 25.7. The predicted molar refractivity (Wildman–Crippen MR) is 168 cm³/mol. The number of aromatic nitrogens is 3. The van der Waals surface area contributed by atoms with Gasteiger partial charge in [0.25, 0.3) is 0 Å². The number of hydrogen-bond donors (Lipinski definition) is 1. The minimum Gasteiger partial charge on any atom is -0.406 e. The number of halogens is 3. The van der Waals surface area contributed by atoms with Crippen LogP contribution in [0.2, 0.25) is 0 Å². The van der Waals surface area contributed by atoms with Crippen molar-refractivity contribution in [2.24, 2.45) is 4.99 Å². The quantitative estimate of drug-likeness (QED) is 0.200. The molecule has 0 atom stereocenters. The Morgan fingerprint density at radius 3 is 2.49 bits per heavy atom. The Balaban J connectivity index is 1.12. The van der Waals surface area contributed by atoms with Gasteiger partial charge in [-0.2, -0.15) is 4.99 Å². The van der Waals surface area contributed by atoms with Gasteiger partial charge in [-0.15, -0.1) is 18.3 Å². The molecule has 0 bridgehead atoms. The number of urea groups is 1. The first-order valence-corrected chi connectivity index (χ1v) is 15.2. The molecule has 4 aromatic rings. The van der Waals surface area contributed by atoms with Crippen molar-refractivity contribution in [1.29, 1.82) is 0 Å². The maximum Gasteiger partial charge on any atom is 0.573 e. The van der Waals surface area contributed by atoms with E-state index >= 15 is 0 Å². The highest BCUT2D eigenvalue weighted by molar-refractivity contribution is 8.15. The molecule has 45 heavy (non-hydrogen) atoms. The van der Waals surface area contributed by atoms with Crippen LogP contribution in [-0.4, -0.2) is 50.5 Å². The maximum atomic E-state index is 12.7. The Hall–Kier alpha value is -4.65. The Morgan fingerprint density at radius 1 is 1.04 bits per heavy atom. The lowest BCUT2D eigenvalue weighted by atomic mass is 10.0. The van der Waals surface area contributed by atoms with E-state index in [1.807, 2.05) is 57.2 Å². The number of nitrogens with one attached hydrogen (secondary N) is 1. The Morgan fingerprint density at radius 2 is 1.78 bits per heavy atom. The number of rotatable bonds is 9. The molecule has 1 aromatic heterocycles. The first kappa shape index (κ1) is 31.8. The van der Waals surface area contributed by atoms with Gasteiger partial charge in [-0.1, -0.05) is 47.7 Å². The Kier molecular flexibility index (Phi) is 9.57. The number of carbonyl (C=O) groups excluding carboxylic acids is 2. The molecule has 1 aliphatic rings. The Labute approximate surface area is 262 Å². The third kappa shape index (κ3) is 8.09. The highest BCUT2D eigenvalue weighted by atomic mass is 32.2. The van der Waals surface area contributed by atoms with Crippen LogP contribution in [-0.2, 0) is 11.2 Å². The first-order valence-electron chi connectivity index (χ1n) is 14.2. The van der Waals surface area contributed by atoms with Crippen LogP contribution in [0.3, 0.4) is 0 Å². The van der Waals surface area contributed by atoms with Crippen LogP contribution in [0.15, 0.2) is 72.0 Å². The first-order chi connectivity index (χ1) is 21.5. The van der Waals surface area contributed by atoms with Gasteiger partial charge in [0.15, 0.2) is 11.0 Å². The fourth-order valence-corrected chi connectivity index (χ4v) is 6.00. The number of nitrogens with zero attached hydrogens (tertiary/aromatic N) is 5. The van der Waals surface area contributed by atoms with E-state index in [9.17, 15) is 22.8 Å². The average molecular weight is 637 g/mol. The molecule has 3 amide bonds. The molecule has 0 radical (unpaired) electrons. The minimum absolute atomic E-state index is 0.0978. The molecular weight excluding hydrogens is 605 g/mol. The molecule has 2 heterocycles. The number of amidine groups is 1. The van der Waals surface area contributed by atoms with Crippen LogP contribution in [0.4, 0.5) is 23.7 Å². The van der Waals surface area contributed by atoms with Gasteiger partial charge in [-0.05, 0) is 87.1 Å². The van der Waals surface area contributed by atoms with E-state index in [4.69, 9.17) is 0 Å². The number of anilines is 1. The summed E-state index contributed by atoms with van der Waals surface area (Å²) in [7, 11) is 0. The SMILES string of the molecule is Cc1cc(C)c(N2C(=O)CSC2=NC(=O)NCCCCc2cccc(-c3ncn(-c4ccc(OC(F)(F)F)cc4)n3)c2)c(C)c1. The summed E-state index contributed by atoms with van der Waals surface area (Å²) in [6.07, 6.45) is -0.945. The van der Waals surface area contributed by atoms with Crippen LogP contribution >= 0.6 is 11.8 Å². The molecule has 0 unspecified atom stereocenters. The van der Waals surface area contributed by atoms with Gasteiger partial charge in [-0.25, -0.2) is 14.5 Å². The highest BCUT2D eigenvalue weighted by Gasteiger charge is 2.33. The number of amides is 3. The molecule has 0 saturated carbocycles. The lowest BCUT2D eigenvalue weighted by Crippen LogP contribution is -2.32. The lowest BCUT2D eigenvalue weighted by Gasteiger charge is -2.21. The number of aliphatic imine (C=N–C) groups is 1. The van der Waals surface area contributed by atoms with E-state index in [-0.39, 0.29) is 17.4 Å². The zero-order chi connectivity index (χ0) is 32.1. The van der Waals surface area contributed by atoms with Gasteiger partial charge in [0.1, 0.15) is 12.1 Å². The topological polar surface area (TPSA) is 102 Å². The second-order valence-corrected chi connectivity index (χ2v) is 11.5. The monoisotopic (exact) mass is 636 g/mol. The Bertz CT molecular complexity index is 1710. The van der Waals surface area contributed by atoms with E-state index in [1.165, 1.54) is 47.0 Å². The summed E-state index contributed by atoms with van der Waals surface area (Å²) >= 11 is 1.26. The summed E-state index contributed by atoms with van der Waals surface area (Å²) in [5.74, 6) is 0.305. The van der Waals surface area contributed by atoms with E-state index in [0.29, 0.717) is 23.2 Å². The van der Waals surface area contributed by atoms with Crippen molar-refractivity contribution in [3.8, 4) is 22.8 Å². The summed E-state index contributed by atoms with van der Waals surface area (Å²) in [6, 6.07) is 16.7. The van der Waals surface area contributed by atoms with Crippen molar-refractivity contribution in [2.45, 2.75) is 46.4 Å². The van der Waals surface area contributed by atoms with E-state index < -0.39 is 12.4 Å². The third-order valence-electron chi connectivity index (χ3n) is 7.00. The number of thioether (sulfide) groups is 1. The zero-order valence-electron chi connectivity index (χ0n) is 24.9. The van der Waals surface area contributed by atoms with Crippen molar-refractivity contribution in [1.82, 2.24) is 20.1 Å². The molecule has 3 aromatic carbocycles. The summed E-state index contributed by atoms with van der Waals surface area (Å²) in [6.45, 7) is 6.34. The van der Waals surface area contributed by atoms with E-state index in [1.54, 1.807) is 4.90 Å². The van der Waals surface area contributed by atoms with Gasteiger partial charge < -0.3 is 10.1 Å². The molecule has 1 aliphatic heterocycles. The average Bonchev–Trinajstić information content (AvgIpc) is 3.60. The van der Waals surface area contributed by atoms with Gasteiger partial charge in [0, 0.05) is 12.1 Å². The van der Waals surface area contributed by atoms with Gasteiger partial charge in [-0.3, -0.25) is 9.69 Å². The van der Waals surface area contributed by atoms with Crippen molar-refractivity contribution in [2.75, 3.05) is 17.2 Å². The van der Waals surface area contributed by atoms with Crippen LogP contribution in [0, 0.1) is 20.8 Å². The number of unbranched alkanes of at least 4 members (excludes halogenated alkanes) is 1. The molecule has 0 aliphatic carbocycles. The van der Waals surface area contributed by atoms with E-state index in [0.717, 1.165) is 52.8 Å². The highest BCUT2D eigenvalue weighted by Crippen LogP contribution is 2.33. The van der Waals surface area contributed by atoms with Crippen molar-refractivity contribution in [3.05, 3.63) is 89.2 Å². The second kappa shape index (κ2) is 13.6. The van der Waals surface area contributed by atoms with Crippen molar-refractivity contribution >= 4 is 34.6 Å². The number of hydrogen-bond acceptors (Lipinski definition) is 6. The summed E-state index contributed by atoms with van der Waals surface area (Å²) in [4.78, 5) is 35.4. The molecule has 0 spiro atoms. The summed E-state index contributed by atoms with van der Waals surface area (Å²) in [5.41, 5.74) is 6.21. The van der Waals surface area contributed by atoms with Crippen LogP contribution in [0.5, 0.6) is 5.75 Å². The smallest absolute Gasteiger partial charge is 0.406 e. The number of benzene rings is 3. The normalized spacial score (nSPS) is 14.3. The largest absolute Gasteiger partial charge is 0.573 e. The van der Waals surface area contributed by atoms with Gasteiger partial charge in [0.05, 0.1) is 17.1 Å². The number of ether oxygens (including phenoxy) is 1. The van der Waals surface area contributed by atoms with Crippen LogP contribution in [0.25, 0.3) is 17.1 Å². The standard InChI is InChI=1S/C32H31F3N6O3S/c1-20-15-21(2)28(22(3)16-20)41-27(42)18-45-31(41)38-30(43)36-14-5-4-7-23-8-6-9-24(17-23)29-37-19-40(39-29)25-10-12-26(13-11-25)44-32(33,34)35/h6,8-13,15-17,19H,4-5,7,14,18H2,1-3H3,(H,36,43). The fraction of sp³-hybridized carbons (Fsp3) is 0.281. The number of aryl methyl sites for hydroxylation is 4. The molecule has 9 nitrogen and oxygen atoms in total. The van der Waals surface area contributed by atoms with E-state index in [2.05, 4.69) is 25.1 Å². The van der Waals surface area contributed by atoms with Crippen molar-refractivity contribution in [3.63, 3.8) is 0 Å². The molecule has 5 rings (SSSR count). The predicted octanol–water partition coefficient (Wildman–Crippen LogP) is 6.93.